The molecule has 0 unspecified atom stereocenters. The lowest BCUT2D eigenvalue weighted by Crippen LogP contribution is -2.30. The largest absolute Gasteiger partial charge is 0.497 e. The molecule has 0 radical (unpaired) electrons. The van der Waals surface area contributed by atoms with Gasteiger partial charge < -0.3 is 15.0 Å². The molecule has 3 rings (SSSR count). The average Bonchev–Trinajstić information content (AvgIpc) is 2.69. The molecule has 1 heterocycles. The Morgan fingerprint density at radius 2 is 1.93 bits per heavy atom. The Morgan fingerprint density at radius 3 is 2.67 bits per heavy atom. The third-order valence-electron chi connectivity index (χ3n) is 5.11. The van der Waals surface area contributed by atoms with Gasteiger partial charge in [0, 0.05) is 25.3 Å². The summed E-state index contributed by atoms with van der Waals surface area (Å²) in [5.74, 6) is 0.872. The van der Waals surface area contributed by atoms with Crippen LogP contribution >= 0.6 is 0 Å². The number of hydrogen-bond acceptors (Lipinski definition) is 3. The first kappa shape index (κ1) is 19.3. The first-order valence-corrected chi connectivity index (χ1v) is 9.96. The number of carbonyl (C=O) groups is 1. The molecular formula is C23H30N2O2. The highest BCUT2D eigenvalue weighted by atomic mass is 16.5. The first-order valence-electron chi connectivity index (χ1n) is 9.96. The molecule has 0 saturated heterocycles. The first-order chi connectivity index (χ1) is 13.2. The van der Waals surface area contributed by atoms with E-state index in [2.05, 4.69) is 35.3 Å². The molecule has 27 heavy (non-hydrogen) atoms. The van der Waals surface area contributed by atoms with Gasteiger partial charge in [-0.05, 0) is 60.6 Å². The molecule has 4 heteroatoms. The number of anilines is 1. The van der Waals surface area contributed by atoms with Gasteiger partial charge in [0.05, 0.1) is 13.5 Å². The summed E-state index contributed by atoms with van der Waals surface area (Å²) in [7, 11) is 1.64. The fraction of sp³-hybridized carbons (Fsp3) is 0.435. The molecule has 0 bridgehead atoms. The van der Waals surface area contributed by atoms with E-state index in [1.165, 1.54) is 36.2 Å². The second kappa shape index (κ2) is 9.45. The smallest absolute Gasteiger partial charge is 0.224 e. The predicted octanol–water partition coefficient (Wildman–Crippen LogP) is 3.76. The van der Waals surface area contributed by atoms with Crippen molar-refractivity contribution in [3.63, 3.8) is 0 Å². The number of ether oxygens (including phenoxy) is 1. The van der Waals surface area contributed by atoms with Crippen LogP contribution in [0.4, 0.5) is 5.69 Å². The summed E-state index contributed by atoms with van der Waals surface area (Å²) in [5.41, 5.74) is 5.15. The molecule has 2 aromatic rings. The van der Waals surface area contributed by atoms with E-state index in [0.717, 1.165) is 30.7 Å². The fourth-order valence-corrected chi connectivity index (χ4v) is 3.72. The molecule has 1 N–H and O–H groups in total. The lowest BCUT2D eigenvalue weighted by atomic mass is 9.98. The number of hydrogen-bond donors (Lipinski definition) is 1. The standard InChI is InChI=1S/C23H30N2O2/c1-3-14-25-15-4-5-20-16-19(8-11-22(20)25)12-13-24-23(26)17-18-6-9-21(27-2)10-7-18/h6-11,16H,3-5,12-15,17H2,1-2H3,(H,24,26). The maximum absolute atomic E-state index is 12.2. The van der Waals surface area contributed by atoms with E-state index in [4.69, 9.17) is 4.74 Å². The normalized spacial score (nSPS) is 13.2. The molecule has 0 aromatic heterocycles. The summed E-state index contributed by atoms with van der Waals surface area (Å²) in [6, 6.07) is 14.4. The summed E-state index contributed by atoms with van der Waals surface area (Å²) in [4.78, 5) is 14.7. The summed E-state index contributed by atoms with van der Waals surface area (Å²) >= 11 is 0. The summed E-state index contributed by atoms with van der Waals surface area (Å²) in [6.07, 6.45) is 4.85. The number of benzene rings is 2. The van der Waals surface area contributed by atoms with Crippen molar-refractivity contribution in [2.45, 2.75) is 39.0 Å². The van der Waals surface area contributed by atoms with Crippen LogP contribution in [0.3, 0.4) is 0 Å². The molecule has 1 aliphatic heterocycles. The molecule has 0 aliphatic carbocycles. The van der Waals surface area contributed by atoms with Crippen LogP contribution in [0.15, 0.2) is 42.5 Å². The van der Waals surface area contributed by atoms with Gasteiger partial charge >= 0.3 is 0 Å². The Bertz CT molecular complexity index is 755. The number of amides is 1. The van der Waals surface area contributed by atoms with E-state index < -0.39 is 0 Å². The van der Waals surface area contributed by atoms with Gasteiger partial charge in [0.2, 0.25) is 5.91 Å². The highest BCUT2D eigenvalue weighted by Gasteiger charge is 2.16. The SMILES string of the molecule is CCCN1CCCc2cc(CCNC(=O)Cc3ccc(OC)cc3)ccc21. The molecular weight excluding hydrogens is 336 g/mol. The number of nitrogens with one attached hydrogen (secondary N) is 1. The monoisotopic (exact) mass is 366 g/mol. The number of nitrogens with zero attached hydrogens (tertiary/aromatic N) is 1. The van der Waals surface area contributed by atoms with Gasteiger partial charge in [-0.1, -0.05) is 31.2 Å². The second-order valence-electron chi connectivity index (χ2n) is 7.18. The van der Waals surface area contributed by atoms with E-state index in [-0.39, 0.29) is 5.91 Å². The molecule has 0 spiro atoms. The van der Waals surface area contributed by atoms with Crippen LogP contribution in [-0.2, 0) is 24.1 Å². The highest BCUT2D eigenvalue weighted by Crippen LogP contribution is 2.28. The van der Waals surface area contributed by atoms with E-state index >= 15 is 0 Å². The van der Waals surface area contributed by atoms with Crippen molar-refractivity contribution in [3.05, 3.63) is 59.2 Å². The third kappa shape index (κ3) is 5.25. The second-order valence-corrected chi connectivity index (χ2v) is 7.18. The van der Waals surface area contributed by atoms with Crippen LogP contribution in [0.1, 0.15) is 36.5 Å². The van der Waals surface area contributed by atoms with Gasteiger partial charge in [-0.2, -0.15) is 0 Å². The molecule has 4 nitrogen and oxygen atoms in total. The van der Waals surface area contributed by atoms with Crippen LogP contribution in [-0.4, -0.2) is 32.7 Å². The fourth-order valence-electron chi connectivity index (χ4n) is 3.72. The van der Waals surface area contributed by atoms with Gasteiger partial charge in [-0.25, -0.2) is 0 Å². The minimum Gasteiger partial charge on any atom is -0.497 e. The van der Waals surface area contributed by atoms with Crippen LogP contribution in [0.5, 0.6) is 5.75 Å². The molecule has 2 aromatic carbocycles. The lowest BCUT2D eigenvalue weighted by molar-refractivity contribution is -0.120. The Labute approximate surface area is 162 Å². The van der Waals surface area contributed by atoms with Crippen LogP contribution in [0, 0.1) is 0 Å². The molecule has 0 atom stereocenters. The van der Waals surface area contributed by atoms with Gasteiger partial charge in [0.25, 0.3) is 0 Å². The molecule has 1 amide bonds. The predicted molar refractivity (Wildman–Crippen MR) is 111 cm³/mol. The van der Waals surface area contributed by atoms with E-state index in [0.29, 0.717) is 13.0 Å². The number of aryl methyl sites for hydroxylation is 1. The maximum atomic E-state index is 12.2. The van der Waals surface area contributed by atoms with Crippen LogP contribution in [0.2, 0.25) is 0 Å². The molecule has 0 saturated carbocycles. The van der Waals surface area contributed by atoms with Gasteiger partial charge in [0.15, 0.2) is 0 Å². The van der Waals surface area contributed by atoms with Gasteiger partial charge in [-0.3, -0.25) is 4.79 Å². The van der Waals surface area contributed by atoms with Crippen molar-refractivity contribution in [2.75, 3.05) is 31.6 Å². The topological polar surface area (TPSA) is 41.6 Å². The third-order valence-corrected chi connectivity index (χ3v) is 5.11. The Hall–Kier alpha value is -2.49. The summed E-state index contributed by atoms with van der Waals surface area (Å²) in [5, 5.41) is 3.04. The van der Waals surface area contributed by atoms with E-state index in [1.807, 2.05) is 24.3 Å². The zero-order valence-corrected chi connectivity index (χ0v) is 16.5. The zero-order chi connectivity index (χ0) is 19.1. The van der Waals surface area contributed by atoms with Crippen molar-refractivity contribution in [1.82, 2.24) is 5.32 Å². The number of rotatable bonds is 8. The Balaban J connectivity index is 1.49. The number of carbonyl (C=O) groups excluding carboxylic acids is 1. The zero-order valence-electron chi connectivity index (χ0n) is 16.5. The molecule has 144 valence electrons. The number of fused-ring (bicyclic) bond motifs is 1. The minimum atomic E-state index is 0.0623. The average molecular weight is 367 g/mol. The Morgan fingerprint density at radius 1 is 1.15 bits per heavy atom. The highest BCUT2D eigenvalue weighted by molar-refractivity contribution is 5.78. The maximum Gasteiger partial charge on any atom is 0.224 e. The van der Waals surface area contributed by atoms with Crippen molar-refractivity contribution < 1.29 is 9.53 Å². The van der Waals surface area contributed by atoms with Gasteiger partial charge in [-0.15, -0.1) is 0 Å². The Kier molecular flexibility index (Phi) is 6.74. The molecule has 0 fully saturated rings. The van der Waals surface area contributed by atoms with Crippen molar-refractivity contribution in [1.29, 1.82) is 0 Å². The van der Waals surface area contributed by atoms with Crippen molar-refractivity contribution in [3.8, 4) is 5.75 Å². The van der Waals surface area contributed by atoms with Gasteiger partial charge in [0.1, 0.15) is 5.75 Å². The van der Waals surface area contributed by atoms with Crippen molar-refractivity contribution in [2.24, 2.45) is 0 Å². The quantitative estimate of drug-likeness (QED) is 0.773. The minimum absolute atomic E-state index is 0.0623. The summed E-state index contributed by atoms with van der Waals surface area (Å²) < 4.78 is 5.14. The lowest BCUT2D eigenvalue weighted by Gasteiger charge is -2.31. The van der Waals surface area contributed by atoms with Crippen LogP contribution < -0.4 is 15.0 Å². The van der Waals surface area contributed by atoms with Crippen molar-refractivity contribution >= 4 is 11.6 Å². The number of methoxy groups -OCH3 is 1. The van der Waals surface area contributed by atoms with E-state index in [9.17, 15) is 4.79 Å². The van der Waals surface area contributed by atoms with E-state index in [1.54, 1.807) is 7.11 Å². The molecule has 1 aliphatic rings. The summed E-state index contributed by atoms with van der Waals surface area (Å²) in [6.45, 7) is 5.21. The van der Waals surface area contributed by atoms with Crippen LogP contribution in [0.25, 0.3) is 0 Å².